The Kier molecular flexibility index (Phi) is 7.96. The van der Waals surface area contributed by atoms with Gasteiger partial charge in [-0.3, -0.25) is 10.1 Å². The van der Waals surface area contributed by atoms with E-state index in [9.17, 15) is 10.1 Å². The first-order valence-corrected chi connectivity index (χ1v) is 9.95. The maximum absolute atomic E-state index is 12.5. The summed E-state index contributed by atoms with van der Waals surface area (Å²) in [5.74, 6) is 0.938. The topological polar surface area (TPSA) is 97.1 Å². The zero-order chi connectivity index (χ0) is 20.5. The van der Waals surface area contributed by atoms with Crippen LogP contribution in [0, 0.1) is 11.3 Å². The third-order valence-corrected chi connectivity index (χ3v) is 5.16. The van der Waals surface area contributed by atoms with Crippen molar-refractivity contribution in [1.82, 2.24) is 10.2 Å². The predicted molar refractivity (Wildman–Crippen MR) is 110 cm³/mol. The lowest BCUT2D eigenvalue weighted by molar-refractivity contribution is -0.112. The third-order valence-electron chi connectivity index (χ3n) is 4.16. The van der Waals surface area contributed by atoms with Gasteiger partial charge in [0.2, 0.25) is 5.13 Å². The zero-order valence-electron chi connectivity index (χ0n) is 16.5. The number of ether oxygens (including phenoxy) is 2. The van der Waals surface area contributed by atoms with Gasteiger partial charge in [0, 0.05) is 5.92 Å². The van der Waals surface area contributed by atoms with Crippen LogP contribution in [-0.4, -0.2) is 29.8 Å². The predicted octanol–water partition coefficient (Wildman–Crippen LogP) is 4.39. The molecule has 1 amide bonds. The minimum absolute atomic E-state index is 0.0366. The van der Waals surface area contributed by atoms with Gasteiger partial charge in [0.25, 0.3) is 5.91 Å². The van der Waals surface area contributed by atoms with Gasteiger partial charge in [0.05, 0.1) is 13.7 Å². The lowest BCUT2D eigenvalue weighted by atomic mass is 10.1. The van der Waals surface area contributed by atoms with Gasteiger partial charge in [-0.05, 0) is 43.5 Å². The lowest BCUT2D eigenvalue weighted by Gasteiger charge is -2.09. The first-order valence-electron chi connectivity index (χ1n) is 9.13. The van der Waals surface area contributed by atoms with E-state index in [0.717, 1.165) is 17.8 Å². The number of carbonyl (C=O) groups excluding carboxylic acids is 1. The van der Waals surface area contributed by atoms with Crippen molar-refractivity contribution in [1.29, 1.82) is 5.26 Å². The fourth-order valence-corrected chi connectivity index (χ4v) is 3.62. The molecule has 0 aliphatic carbocycles. The Balaban J connectivity index is 2.18. The summed E-state index contributed by atoms with van der Waals surface area (Å²) in [6, 6.07) is 7.15. The molecule has 0 unspecified atom stereocenters. The summed E-state index contributed by atoms with van der Waals surface area (Å²) in [6.07, 6.45) is 3.42. The van der Waals surface area contributed by atoms with Crippen LogP contribution in [0.4, 0.5) is 5.13 Å². The van der Waals surface area contributed by atoms with Gasteiger partial charge in [-0.2, -0.15) is 5.26 Å². The average molecular weight is 401 g/mol. The molecule has 7 nitrogen and oxygen atoms in total. The van der Waals surface area contributed by atoms with Crippen LogP contribution >= 0.6 is 11.3 Å². The van der Waals surface area contributed by atoms with E-state index in [1.807, 2.05) is 13.0 Å². The van der Waals surface area contributed by atoms with Crippen LogP contribution < -0.4 is 14.8 Å². The first-order chi connectivity index (χ1) is 13.6. The lowest BCUT2D eigenvalue weighted by Crippen LogP contribution is -2.13. The Morgan fingerprint density at radius 2 is 2.04 bits per heavy atom. The van der Waals surface area contributed by atoms with Gasteiger partial charge in [0.15, 0.2) is 11.5 Å². The molecule has 1 N–H and O–H groups in total. The highest BCUT2D eigenvalue weighted by atomic mass is 32.1. The molecule has 28 heavy (non-hydrogen) atoms. The van der Waals surface area contributed by atoms with Crippen LogP contribution in [0.5, 0.6) is 11.5 Å². The molecule has 0 spiro atoms. The van der Waals surface area contributed by atoms with Crippen molar-refractivity contribution in [2.75, 3.05) is 19.0 Å². The standard InChI is InChI=1S/C20H24N4O3S/c1-5-14(6-2)19-23-24-20(28-19)22-18(25)15(12-21)10-13-8-9-16(27-7-3)17(11-13)26-4/h8-11,14H,5-7H2,1-4H3,(H,22,24,25). The van der Waals surface area contributed by atoms with Crippen molar-refractivity contribution < 1.29 is 14.3 Å². The van der Waals surface area contributed by atoms with Gasteiger partial charge in [0.1, 0.15) is 16.6 Å². The number of nitrogens with one attached hydrogen (secondary N) is 1. The molecule has 0 aliphatic heterocycles. The molecular weight excluding hydrogens is 376 g/mol. The number of nitriles is 1. The van der Waals surface area contributed by atoms with Crippen molar-refractivity contribution in [2.45, 2.75) is 39.5 Å². The molecule has 0 atom stereocenters. The normalized spacial score (nSPS) is 11.2. The maximum Gasteiger partial charge on any atom is 0.268 e. The van der Waals surface area contributed by atoms with E-state index < -0.39 is 5.91 Å². The Morgan fingerprint density at radius 3 is 2.64 bits per heavy atom. The van der Waals surface area contributed by atoms with Crippen molar-refractivity contribution in [3.8, 4) is 17.6 Å². The van der Waals surface area contributed by atoms with Gasteiger partial charge in [-0.1, -0.05) is 31.3 Å². The van der Waals surface area contributed by atoms with E-state index in [1.54, 1.807) is 18.2 Å². The highest BCUT2D eigenvalue weighted by Gasteiger charge is 2.16. The quantitative estimate of drug-likeness (QED) is 0.495. The largest absolute Gasteiger partial charge is 0.493 e. The summed E-state index contributed by atoms with van der Waals surface area (Å²) in [7, 11) is 1.54. The highest BCUT2D eigenvalue weighted by Crippen LogP contribution is 2.30. The Labute approximate surface area is 169 Å². The first kappa shape index (κ1) is 21.4. The number of amides is 1. The summed E-state index contributed by atoms with van der Waals surface area (Å²) in [6.45, 7) is 6.58. The molecule has 1 aromatic heterocycles. The molecular formula is C20H24N4O3S. The molecule has 1 heterocycles. The number of hydrogen-bond donors (Lipinski definition) is 1. The molecule has 0 saturated heterocycles. The molecule has 2 aromatic rings. The van der Waals surface area contributed by atoms with Crippen molar-refractivity contribution in [2.24, 2.45) is 0 Å². The Morgan fingerprint density at radius 1 is 1.29 bits per heavy atom. The third kappa shape index (κ3) is 5.30. The number of carbonyl (C=O) groups is 1. The van der Waals surface area contributed by atoms with Crippen LogP contribution in [0.3, 0.4) is 0 Å². The second kappa shape index (κ2) is 10.4. The van der Waals surface area contributed by atoms with Crippen molar-refractivity contribution >= 4 is 28.5 Å². The summed E-state index contributed by atoms with van der Waals surface area (Å²) < 4.78 is 10.8. The number of rotatable bonds is 9. The number of aromatic nitrogens is 2. The van der Waals surface area contributed by atoms with Crippen LogP contribution in [0.2, 0.25) is 0 Å². The van der Waals surface area contributed by atoms with Gasteiger partial charge >= 0.3 is 0 Å². The van der Waals surface area contributed by atoms with E-state index in [0.29, 0.717) is 34.7 Å². The summed E-state index contributed by atoms with van der Waals surface area (Å²) in [5.41, 5.74) is 0.618. The average Bonchev–Trinajstić information content (AvgIpc) is 3.16. The van der Waals surface area contributed by atoms with E-state index in [1.165, 1.54) is 24.5 Å². The molecule has 148 valence electrons. The Hall–Kier alpha value is -2.92. The van der Waals surface area contributed by atoms with E-state index in [4.69, 9.17) is 9.47 Å². The molecule has 2 rings (SSSR count). The fraction of sp³-hybridized carbons (Fsp3) is 0.400. The van der Waals surface area contributed by atoms with Gasteiger partial charge in [-0.15, -0.1) is 10.2 Å². The minimum atomic E-state index is -0.525. The minimum Gasteiger partial charge on any atom is -0.493 e. The zero-order valence-corrected chi connectivity index (χ0v) is 17.3. The number of hydrogen-bond acceptors (Lipinski definition) is 7. The van der Waals surface area contributed by atoms with Crippen LogP contribution in [0.1, 0.15) is 50.1 Å². The van der Waals surface area contributed by atoms with Crippen LogP contribution in [-0.2, 0) is 4.79 Å². The van der Waals surface area contributed by atoms with Gasteiger partial charge in [-0.25, -0.2) is 0 Å². The SMILES string of the molecule is CCOc1ccc(C=C(C#N)C(=O)Nc2nnc(C(CC)CC)s2)cc1OC. The molecule has 0 radical (unpaired) electrons. The van der Waals surface area contributed by atoms with E-state index in [2.05, 4.69) is 29.4 Å². The second-order valence-electron chi connectivity index (χ2n) is 5.93. The number of nitrogens with zero attached hydrogens (tertiary/aromatic N) is 3. The molecule has 0 aliphatic rings. The van der Waals surface area contributed by atoms with E-state index >= 15 is 0 Å². The second-order valence-corrected chi connectivity index (χ2v) is 6.94. The maximum atomic E-state index is 12.5. The molecule has 0 fully saturated rings. The number of methoxy groups -OCH3 is 1. The number of benzene rings is 1. The molecule has 8 heteroatoms. The summed E-state index contributed by atoms with van der Waals surface area (Å²) >= 11 is 1.34. The van der Waals surface area contributed by atoms with Crippen molar-refractivity contribution in [3.63, 3.8) is 0 Å². The molecule has 1 aromatic carbocycles. The highest BCUT2D eigenvalue weighted by molar-refractivity contribution is 7.15. The molecule has 0 bridgehead atoms. The van der Waals surface area contributed by atoms with Gasteiger partial charge < -0.3 is 9.47 Å². The fourth-order valence-electron chi connectivity index (χ4n) is 2.62. The smallest absolute Gasteiger partial charge is 0.268 e. The van der Waals surface area contributed by atoms with Crippen molar-refractivity contribution in [3.05, 3.63) is 34.3 Å². The summed E-state index contributed by atoms with van der Waals surface area (Å²) in [4.78, 5) is 12.5. The summed E-state index contributed by atoms with van der Waals surface area (Å²) in [5, 5.41) is 21.5. The Bertz CT molecular complexity index is 882. The monoisotopic (exact) mass is 400 g/mol. The number of anilines is 1. The van der Waals surface area contributed by atoms with Crippen LogP contribution in [0.25, 0.3) is 6.08 Å². The van der Waals surface area contributed by atoms with E-state index in [-0.39, 0.29) is 5.57 Å². The van der Waals surface area contributed by atoms with Crippen LogP contribution in [0.15, 0.2) is 23.8 Å². The molecule has 0 saturated carbocycles.